The van der Waals surface area contributed by atoms with Crippen LogP contribution in [-0.2, 0) is 9.53 Å². The highest BCUT2D eigenvalue weighted by Gasteiger charge is 2.06. The molecule has 0 aliphatic heterocycles. The number of benzene rings is 1. The summed E-state index contributed by atoms with van der Waals surface area (Å²) in [4.78, 5) is 11.6. The molecule has 4 nitrogen and oxygen atoms in total. The molecular formula is C26H40O4. The second-order valence-electron chi connectivity index (χ2n) is 7.90. The Kier molecular flexibility index (Phi) is 14.5. The summed E-state index contributed by atoms with van der Waals surface area (Å²) < 4.78 is 11.0. The van der Waals surface area contributed by atoms with Crippen LogP contribution in [-0.4, -0.2) is 29.9 Å². The fourth-order valence-electron chi connectivity index (χ4n) is 3.05. The maximum Gasteiger partial charge on any atom is 0.306 e. The third-order valence-corrected chi connectivity index (χ3v) is 4.64. The molecule has 0 fully saturated rings. The number of esters is 1. The van der Waals surface area contributed by atoms with Gasteiger partial charge < -0.3 is 14.6 Å². The zero-order valence-electron chi connectivity index (χ0n) is 19.0. The summed E-state index contributed by atoms with van der Waals surface area (Å²) in [5, 5.41) is 10.1. The highest BCUT2D eigenvalue weighted by atomic mass is 16.5. The van der Waals surface area contributed by atoms with Gasteiger partial charge in [0.1, 0.15) is 5.75 Å². The Morgan fingerprint density at radius 2 is 1.77 bits per heavy atom. The normalized spacial score (nSPS) is 12.7. The maximum atomic E-state index is 11.6. The SMILES string of the molecule is CCCCCCCCC(O)C=CC=Cc1ccccc1OCCCC(=O)OC(C)C. The van der Waals surface area contributed by atoms with Crippen LogP contribution in [0.4, 0.5) is 0 Å². The molecule has 0 saturated heterocycles. The fraction of sp³-hybridized carbons (Fsp3) is 0.577. The van der Waals surface area contributed by atoms with E-state index in [-0.39, 0.29) is 12.1 Å². The number of rotatable bonds is 16. The molecular weight excluding hydrogens is 376 g/mol. The molecule has 0 radical (unpaired) electrons. The molecule has 0 aliphatic carbocycles. The second-order valence-corrected chi connectivity index (χ2v) is 7.90. The molecule has 1 rings (SSSR count). The van der Waals surface area contributed by atoms with E-state index in [1.165, 1.54) is 32.1 Å². The Balaban J connectivity index is 2.34. The van der Waals surface area contributed by atoms with Crippen molar-refractivity contribution in [3.63, 3.8) is 0 Å². The molecule has 4 heteroatoms. The first-order valence-corrected chi connectivity index (χ1v) is 11.5. The van der Waals surface area contributed by atoms with Crippen LogP contribution in [0.15, 0.2) is 42.5 Å². The predicted molar refractivity (Wildman–Crippen MR) is 125 cm³/mol. The predicted octanol–water partition coefficient (Wildman–Crippen LogP) is 6.48. The lowest BCUT2D eigenvalue weighted by molar-refractivity contribution is -0.147. The van der Waals surface area contributed by atoms with Crippen LogP contribution in [0.1, 0.15) is 84.1 Å². The molecule has 1 unspecified atom stereocenters. The molecule has 0 amide bonds. The number of ether oxygens (including phenoxy) is 2. The quantitative estimate of drug-likeness (QED) is 0.190. The number of hydrogen-bond acceptors (Lipinski definition) is 4. The lowest BCUT2D eigenvalue weighted by Crippen LogP contribution is -2.12. The van der Waals surface area contributed by atoms with Crippen molar-refractivity contribution in [3.8, 4) is 5.75 Å². The second kappa shape index (κ2) is 16.7. The Bertz CT molecular complexity index is 634. The molecule has 30 heavy (non-hydrogen) atoms. The standard InChI is InChI=1S/C26H40O4/c1-4-5-6-7-8-9-17-24(27)18-12-10-15-23-16-11-13-19-25(23)29-21-14-20-26(28)30-22(2)3/h10-13,15-16,18-19,22,24,27H,4-9,14,17,20-21H2,1-3H3. The van der Waals surface area contributed by atoms with Crippen LogP contribution in [0, 0.1) is 0 Å². The molecule has 0 saturated carbocycles. The summed E-state index contributed by atoms with van der Waals surface area (Å²) >= 11 is 0. The Morgan fingerprint density at radius 3 is 2.53 bits per heavy atom. The minimum absolute atomic E-state index is 0.0818. The van der Waals surface area contributed by atoms with Gasteiger partial charge in [-0.2, -0.15) is 0 Å². The van der Waals surface area contributed by atoms with Crippen molar-refractivity contribution in [2.75, 3.05) is 6.61 Å². The van der Waals surface area contributed by atoms with E-state index in [1.807, 2.05) is 62.4 Å². The van der Waals surface area contributed by atoms with E-state index in [4.69, 9.17) is 9.47 Å². The first-order valence-electron chi connectivity index (χ1n) is 11.5. The van der Waals surface area contributed by atoms with Gasteiger partial charge in [-0.15, -0.1) is 0 Å². The third-order valence-electron chi connectivity index (χ3n) is 4.64. The van der Waals surface area contributed by atoms with Crippen molar-refractivity contribution < 1.29 is 19.4 Å². The average Bonchev–Trinajstić information content (AvgIpc) is 2.71. The van der Waals surface area contributed by atoms with Gasteiger partial charge in [-0.25, -0.2) is 0 Å². The largest absolute Gasteiger partial charge is 0.493 e. The third kappa shape index (κ3) is 13.2. The van der Waals surface area contributed by atoms with Gasteiger partial charge in [-0.1, -0.05) is 88.0 Å². The molecule has 0 spiro atoms. The molecule has 0 bridgehead atoms. The van der Waals surface area contributed by atoms with Gasteiger partial charge in [0.05, 0.1) is 18.8 Å². The van der Waals surface area contributed by atoms with E-state index in [0.717, 1.165) is 24.2 Å². The fourth-order valence-corrected chi connectivity index (χ4v) is 3.05. The molecule has 0 aliphatic rings. The minimum Gasteiger partial charge on any atom is -0.493 e. The van der Waals surface area contributed by atoms with Crippen LogP contribution in [0.3, 0.4) is 0 Å². The zero-order valence-corrected chi connectivity index (χ0v) is 19.0. The molecule has 1 aromatic rings. The van der Waals surface area contributed by atoms with Crippen molar-refractivity contribution in [1.29, 1.82) is 0 Å². The van der Waals surface area contributed by atoms with Crippen molar-refractivity contribution >= 4 is 12.0 Å². The van der Waals surface area contributed by atoms with Crippen LogP contribution in [0.2, 0.25) is 0 Å². The van der Waals surface area contributed by atoms with Crippen molar-refractivity contribution in [2.45, 2.75) is 90.8 Å². The van der Waals surface area contributed by atoms with Gasteiger partial charge >= 0.3 is 5.97 Å². The average molecular weight is 417 g/mol. The van der Waals surface area contributed by atoms with E-state index in [0.29, 0.717) is 19.4 Å². The molecule has 0 aromatic heterocycles. The topological polar surface area (TPSA) is 55.8 Å². The number of aliphatic hydroxyl groups is 1. The number of unbranched alkanes of at least 4 members (excludes halogenated alkanes) is 5. The lowest BCUT2D eigenvalue weighted by Gasteiger charge is -2.10. The summed E-state index contributed by atoms with van der Waals surface area (Å²) in [6.07, 6.45) is 16.3. The highest BCUT2D eigenvalue weighted by molar-refractivity contribution is 5.69. The summed E-state index contributed by atoms with van der Waals surface area (Å²) in [7, 11) is 0. The minimum atomic E-state index is -0.391. The number of carbonyl (C=O) groups is 1. The summed E-state index contributed by atoms with van der Waals surface area (Å²) in [5.74, 6) is 0.596. The highest BCUT2D eigenvalue weighted by Crippen LogP contribution is 2.20. The Hall–Kier alpha value is -2.07. The monoisotopic (exact) mass is 416 g/mol. The molecule has 1 aromatic carbocycles. The summed E-state index contributed by atoms with van der Waals surface area (Å²) in [5.41, 5.74) is 0.970. The van der Waals surface area contributed by atoms with Gasteiger partial charge in [-0.3, -0.25) is 4.79 Å². The molecule has 1 N–H and O–H groups in total. The Morgan fingerprint density at radius 1 is 1.03 bits per heavy atom. The van der Waals surface area contributed by atoms with Gasteiger partial charge in [0.2, 0.25) is 0 Å². The van der Waals surface area contributed by atoms with Gasteiger partial charge in [0, 0.05) is 12.0 Å². The van der Waals surface area contributed by atoms with Crippen LogP contribution in [0.5, 0.6) is 5.75 Å². The van der Waals surface area contributed by atoms with Crippen LogP contribution in [0.25, 0.3) is 6.08 Å². The number of carbonyl (C=O) groups excluding carboxylic acids is 1. The number of para-hydroxylation sites is 1. The summed E-state index contributed by atoms with van der Waals surface area (Å²) in [6, 6.07) is 7.80. The number of aliphatic hydroxyl groups excluding tert-OH is 1. The van der Waals surface area contributed by atoms with Crippen LogP contribution >= 0.6 is 0 Å². The smallest absolute Gasteiger partial charge is 0.306 e. The van der Waals surface area contributed by atoms with E-state index < -0.39 is 6.10 Å². The van der Waals surface area contributed by atoms with Crippen molar-refractivity contribution in [3.05, 3.63) is 48.1 Å². The van der Waals surface area contributed by atoms with Gasteiger partial charge in [0.25, 0.3) is 0 Å². The van der Waals surface area contributed by atoms with Gasteiger partial charge in [0.15, 0.2) is 0 Å². The van der Waals surface area contributed by atoms with E-state index in [1.54, 1.807) is 0 Å². The maximum absolute atomic E-state index is 11.6. The lowest BCUT2D eigenvalue weighted by atomic mass is 10.1. The molecule has 1 atom stereocenters. The van der Waals surface area contributed by atoms with E-state index in [9.17, 15) is 9.90 Å². The number of allylic oxidation sites excluding steroid dienone is 2. The first kappa shape index (κ1) is 26.0. The first-order chi connectivity index (χ1) is 14.5. The number of hydrogen-bond donors (Lipinski definition) is 1. The van der Waals surface area contributed by atoms with Crippen LogP contribution < -0.4 is 4.74 Å². The van der Waals surface area contributed by atoms with Crippen molar-refractivity contribution in [2.24, 2.45) is 0 Å². The van der Waals surface area contributed by atoms with E-state index in [2.05, 4.69) is 6.92 Å². The zero-order chi connectivity index (χ0) is 22.0. The summed E-state index contributed by atoms with van der Waals surface area (Å²) in [6.45, 7) is 6.38. The Labute approximate surface area is 183 Å². The van der Waals surface area contributed by atoms with E-state index >= 15 is 0 Å². The van der Waals surface area contributed by atoms with Gasteiger partial charge in [-0.05, 0) is 32.8 Å². The molecule has 0 heterocycles. The van der Waals surface area contributed by atoms with Crippen molar-refractivity contribution in [1.82, 2.24) is 0 Å². The molecule has 168 valence electrons.